The minimum atomic E-state index is -0.284. The van der Waals surface area contributed by atoms with Crippen molar-refractivity contribution < 1.29 is 18.7 Å². The summed E-state index contributed by atoms with van der Waals surface area (Å²) in [7, 11) is 4.72. The molecule has 0 aliphatic carbocycles. The van der Waals surface area contributed by atoms with Crippen LogP contribution in [-0.2, 0) is 16.0 Å². The van der Waals surface area contributed by atoms with Crippen LogP contribution in [0.15, 0.2) is 22.6 Å². The maximum atomic E-state index is 12.1. The lowest BCUT2D eigenvalue weighted by atomic mass is 10.1. The van der Waals surface area contributed by atoms with Gasteiger partial charge < -0.3 is 14.1 Å². The lowest BCUT2D eigenvalue weighted by molar-refractivity contribution is -0.140. The number of furan rings is 1. The fraction of sp³-hybridized carbons (Fsp3) is 0.368. The van der Waals surface area contributed by atoms with Crippen molar-refractivity contribution in [2.75, 3.05) is 21.2 Å². The highest BCUT2D eigenvalue weighted by Crippen LogP contribution is 2.25. The molecule has 0 unspecified atom stereocenters. The van der Waals surface area contributed by atoms with Crippen molar-refractivity contribution in [1.29, 1.82) is 0 Å². The minimum absolute atomic E-state index is 0.186. The van der Waals surface area contributed by atoms with E-state index in [1.54, 1.807) is 20.2 Å². The first kappa shape index (κ1) is 17.6. The first-order valence-electron chi connectivity index (χ1n) is 7.80. The standard InChI is InChI=1S/C19H21NO4/c1-5-13-10-14(8-6-7-9-17(21)23-4)18-15(11-13)12-16(24-18)19(22)20(2)3/h10-12H,5,7,9H2,1-4H3. The van der Waals surface area contributed by atoms with E-state index in [0.717, 1.165) is 22.9 Å². The second-order valence-corrected chi connectivity index (χ2v) is 5.60. The molecule has 24 heavy (non-hydrogen) atoms. The molecule has 0 spiro atoms. The Kier molecular flexibility index (Phi) is 5.64. The Labute approximate surface area is 141 Å². The van der Waals surface area contributed by atoms with Crippen LogP contribution in [0.3, 0.4) is 0 Å². The first-order valence-corrected chi connectivity index (χ1v) is 7.80. The van der Waals surface area contributed by atoms with E-state index < -0.39 is 0 Å². The largest absolute Gasteiger partial charge is 0.469 e. The van der Waals surface area contributed by atoms with E-state index >= 15 is 0 Å². The average Bonchev–Trinajstić information content (AvgIpc) is 3.01. The number of amides is 1. The second kappa shape index (κ2) is 7.69. The van der Waals surface area contributed by atoms with E-state index in [1.165, 1.54) is 12.0 Å². The summed E-state index contributed by atoms with van der Waals surface area (Å²) in [6.07, 6.45) is 1.52. The van der Waals surface area contributed by atoms with E-state index in [2.05, 4.69) is 23.5 Å². The molecule has 0 aliphatic rings. The Morgan fingerprint density at radius 1 is 1.25 bits per heavy atom. The molecule has 0 atom stereocenters. The Bertz CT molecular complexity index is 821. The van der Waals surface area contributed by atoms with Gasteiger partial charge in [-0.3, -0.25) is 9.59 Å². The highest BCUT2D eigenvalue weighted by atomic mass is 16.5. The molecule has 1 aromatic carbocycles. The lowest BCUT2D eigenvalue weighted by Crippen LogP contribution is -2.20. The van der Waals surface area contributed by atoms with E-state index in [4.69, 9.17) is 4.42 Å². The van der Waals surface area contributed by atoms with Gasteiger partial charge in [-0.25, -0.2) is 0 Å². The van der Waals surface area contributed by atoms with Gasteiger partial charge in [-0.15, -0.1) is 0 Å². The van der Waals surface area contributed by atoms with Crippen LogP contribution in [0, 0.1) is 11.8 Å². The number of rotatable bonds is 4. The Morgan fingerprint density at radius 3 is 2.62 bits per heavy atom. The maximum Gasteiger partial charge on any atom is 0.306 e. The van der Waals surface area contributed by atoms with Crippen molar-refractivity contribution in [2.24, 2.45) is 0 Å². The smallest absolute Gasteiger partial charge is 0.306 e. The summed E-state index contributed by atoms with van der Waals surface area (Å²) in [5.41, 5.74) is 2.44. The Hall–Kier alpha value is -2.74. The predicted octanol–water partition coefficient (Wildman–Crippen LogP) is 3.00. The SMILES string of the molecule is CCc1cc(C#CCCC(=O)OC)c2oc(C(=O)N(C)C)cc2c1. The van der Waals surface area contributed by atoms with Crippen LogP contribution in [-0.4, -0.2) is 38.0 Å². The summed E-state index contributed by atoms with van der Waals surface area (Å²) in [5, 5.41) is 0.858. The molecule has 1 amide bonds. The van der Waals surface area contributed by atoms with Gasteiger partial charge in [0.15, 0.2) is 11.3 Å². The van der Waals surface area contributed by atoms with Crippen molar-refractivity contribution >= 4 is 22.8 Å². The molecule has 1 heterocycles. The number of nitrogens with zero attached hydrogens (tertiary/aromatic N) is 1. The van der Waals surface area contributed by atoms with Crippen LogP contribution >= 0.6 is 0 Å². The third-order valence-electron chi connectivity index (χ3n) is 3.61. The zero-order valence-corrected chi connectivity index (χ0v) is 14.4. The van der Waals surface area contributed by atoms with Gasteiger partial charge in [0.05, 0.1) is 19.1 Å². The number of methoxy groups -OCH3 is 1. The van der Waals surface area contributed by atoms with Crippen LogP contribution in [0.1, 0.15) is 41.4 Å². The van der Waals surface area contributed by atoms with Crippen LogP contribution in [0.4, 0.5) is 0 Å². The van der Waals surface area contributed by atoms with Gasteiger partial charge in [-0.1, -0.05) is 18.8 Å². The molecule has 0 saturated carbocycles. The summed E-state index contributed by atoms with van der Waals surface area (Å²) in [5.74, 6) is 5.83. The van der Waals surface area contributed by atoms with Gasteiger partial charge in [0.2, 0.25) is 0 Å². The molecule has 0 bridgehead atoms. The molecule has 0 radical (unpaired) electrons. The van der Waals surface area contributed by atoms with E-state index in [1.807, 2.05) is 12.1 Å². The Balaban J connectivity index is 2.38. The number of fused-ring (bicyclic) bond motifs is 1. The molecule has 0 aliphatic heterocycles. The molecule has 126 valence electrons. The third kappa shape index (κ3) is 3.96. The molecule has 0 saturated heterocycles. The van der Waals surface area contributed by atoms with Crippen LogP contribution in [0.2, 0.25) is 0 Å². The second-order valence-electron chi connectivity index (χ2n) is 5.60. The molecule has 5 heteroatoms. The normalized spacial score (nSPS) is 10.2. The lowest BCUT2D eigenvalue weighted by Gasteiger charge is -2.06. The van der Waals surface area contributed by atoms with Crippen LogP contribution in [0.5, 0.6) is 0 Å². The molecule has 2 aromatic rings. The number of benzene rings is 1. The van der Waals surface area contributed by atoms with Crippen LogP contribution < -0.4 is 0 Å². The molecule has 2 rings (SSSR count). The van der Waals surface area contributed by atoms with Crippen LogP contribution in [0.25, 0.3) is 11.0 Å². The first-order chi connectivity index (χ1) is 11.5. The van der Waals surface area contributed by atoms with Gasteiger partial charge >= 0.3 is 5.97 Å². The molecule has 1 aromatic heterocycles. The number of hydrogen-bond donors (Lipinski definition) is 0. The monoisotopic (exact) mass is 327 g/mol. The van der Waals surface area contributed by atoms with Gasteiger partial charge in [-0.05, 0) is 30.2 Å². The molecule has 0 N–H and O–H groups in total. The number of ether oxygens (including phenoxy) is 1. The molecule has 0 fully saturated rings. The van der Waals surface area contributed by atoms with Crippen molar-refractivity contribution in [1.82, 2.24) is 4.90 Å². The molecule has 5 nitrogen and oxygen atoms in total. The fourth-order valence-corrected chi connectivity index (χ4v) is 2.26. The minimum Gasteiger partial charge on any atom is -0.469 e. The van der Waals surface area contributed by atoms with Crippen molar-refractivity contribution in [3.8, 4) is 11.8 Å². The number of aryl methyl sites for hydroxylation is 1. The summed E-state index contributed by atoms with van der Waals surface area (Å²) < 4.78 is 10.3. The third-order valence-corrected chi connectivity index (χ3v) is 3.61. The molecular weight excluding hydrogens is 306 g/mol. The number of hydrogen-bond acceptors (Lipinski definition) is 4. The maximum absolute atomic E-state index is 12.1. The summed E-state index contributed by atoms with van der Waals surface area (Å²) in [4.78, 5) is 24.7. The topological polar surface area (TPSA) is 59.8 Å². The van der Waals surface area contributed by atoms with Gasteiger partial charge in [-0.2, -0.15) is 0 Å². The van der Waals surface area contributed by atoms with Gasteiger partial charge in [0.1, 0.15) is 0 Å². The summed E-state index contributed by atoms with van der Waals surface area (Å²) >= 11 is 0. The van der Waals surface area contributed by atoms with E-state index in [-0.39, 0.29) is 18.3 Å². The number of carbonyl (C=O) groups excluding carboxylic acids is 2. The van der Waals surface area contributed by atoms with E-state index in [0.29, 0.717) is 17.8 Å². The van der Waals surface area contributed by atoms with Gasteiger partial charge in [0.25, 0.3) is 5.91 Å². The number of carbonyl (C=O) groups is 2. The average molecular weight is 327 g/mol. The Morgan fingerprint density at radius 2 is 2.00 bits per heavy atom. The van der Waals surface area contributed by atoms with Crippen molar-refractivity contribution in [3.63, 3.8) is 0 Å². The van der Waals surface area contributed by atoms with E-state index in [9.17, 15) is 9.59 Å². The fourth-order valence-electron chi connectivity index (χ4n) is 2.26. The van der Waals surface area contributed by atoms with Crippen molar-refractivity contribution in [2.45, 2.75) is 26.2 Å². The molecular formula is C19H21NO4. The predicted molar refractivity (Wildman–Crippen MR) is 91.7 cm³/mol. The highest BCUT2D eigenvalue weighted by molar-refractivity contribution is 5.97. The highest BCUT2D eigenvalue weighted by Gasteiger charge is 2.16. The quantitative estimate of drug-likeness (QED) is 0.640. The zero-order chi connectivity index (χ0) is 17.7. The zero-order valence-electron chi connectivity index (χ0n) is 14.4. The van der Waals surface area contributed by atoms with Gasteiger partial charge in [0, 0.05) is 25.9 Å². The summed E-state index contributed by atoms with van der Waals surface area (Å²) in [6, 6.07) is 5.71. The summed E-state index contributed by atoms with van der Waals surface area (Å²) in [6.45, 7) is 2.06. The number of esters is 1. The van der Waals surface area contributed by atoms with Crippen molar-refractivity contribution in [3.05, 3.63) is 35.1 Å².